The topological polar surface area (TPSA) is 73.7 Å². The maximum atomic E-state index is 13.4. The molecule has 1 aliphatic rings. The highest BCUT2D eigenvalue weighted by atomic mass is 32.1. The van der Waals surface area contributed by atoms with Gasteiger partial charge in [0.2, 0.25) is 0 Å². The molecule has 0 radical (unpaired) electrons. The quantitative estimate of drug-likeness (QED) is 0.603. The molecule has 0 saturated carbocycles. The van der Waals surface area contributed by atoms with E-state index in [1.165, 1.54) is 11.3 Å². The second-order valence-electron chi connectivity index (χ2n) is 7.33. The summed E-state index contributed by atoms with van der Waals surface area (Å²) < 4.78 is 12.4. The third-order valence-electron chi connectivity index (χ3n) is 5.60. The number of carbonyl (C=O) groups excluding carboxylic acids is 1. The van der Waals surface area contributed by atoms with E-state index in [0.29, 0.717) is 46.2 Å². The minimum Gasteiger partial charge on any atom is -0.493 e. The molecule has 30 heavy (non-hydrogen) atoms. The van der Waals surface area contributed by atoms with Crippen LogP contribution in [-0.4, -0.2) is 41.1 Å². The average Bonchev–Trinajstić information content (AvgIpc) is 3.36. The molecular formula is C22H25N3O4S. The molecule has 0 saturated heterocycles. The lowest BCUT2D eigenvalue weighted by Gasteiger charge is -2.21. The van der Waals surface area contributed by atoms with E-state index in [2.05, 4.69) is 4.98 Å². The predicted octanol–water partition coefficient (Wildman–Crippen LogP) is 3.39. The highest BCUT2D eigenvalue weighted by Gasteiger charge is 2.25. The first-order valence-electron chi connectivity index (χ1n) is 10.0. The van der Waals surface area contributed by atoms with Gasteiger partial charge in [-0.15, -0.1) is 11.3 Å². The molecule has 3 heterocycles. The van der Waals surface area contributed by atoms with E-state index in [9.17, 15) is 9.59 Å². The van der Waals surface area contributed by atoms with Crippen LogP contribution in [0, 0.1) is 6.92 Å². The van der Waals surface area contributed by atoms with Crippen LogP contribution in [0.3, 0.4) is 0 Å². The normalized spacial score (nSPS) is 12.8. The smallest absolute Gasteiger partial charge is 0.264 e. The standard InChI is InChI=1S/C22H25N3O4S/c1-5-24(12-14-8-9-15(28-3)16(11-14)29-4)22(27)19-13(2)18-20(30-19)23-17-7-6-10-25(17)21(18)26/h8-9,11H,5-7,10,12H2,1-4H3. The van der Waals surface area contributed by atoms with Crippen LogP contribution < -0.4 is 15.0 Å². The SMILES string of the molecule is CCN(Cc1ccc(OC)c(OC)c1)C(=O)c1sc2nc3n(c(=O)c2c1C)CCC3. The number of carbonyl (C=O) groups is 1. The van der Waals surface area contributed by atoms with Crippen molar-refractivity contribution in [1.29, 1.82) is 0 Å². The van der Waals surface area contributed by atoms with Crippen molar-refractivity contribution < 1.29 is 14.3 Å². The Hall–Kier alpha value is -2.87. The largest absolute Gasteiger partial charge is 0.493 e. The summed E-state index contributed by atoms with van der Waals surface area (Å²) in [6, 6.07) is 5.64. The fraction of sp³-hybridized carbons (Fsp3) is 0.409. The Bertz CT molecular complexity index is 1180. The van der Waals surface area contributed by atoms with Gasteiger partial charge in [-0.2, -0.15) is 0 Å². The van der Waals surface area contributed by atoms with Crippen molar-refractivity contribution in [3.8, 4) is 11.5 Å². The van der Waals surface area contributed by atoms with Crippen LogP contribution in [0.2, 0.25) is 0 Å². The first-order valence-corrected chi connectivity index (χ1v) is 10.8. The Balaban J connectivity index is 1.67. The van der Waals surface area contributed by atoms with Crippen molar-refractivity contribution in [3.05, 3.63) is 50.4 Å². The van der Waals surface area contributed by atoms with Gasteiger partial charge in [-0.1, -0.05) is 6.07 Å². The van der Waals surface area contributed by atoms with Crippen LogP contribution in [0.5, 0.6) is 11.5 Å². The van der Waals surface area contributed by atoms with Crippen molar-refractivity contribution in [2.75, 3.05) is 20.8 Å². The lowest BCUT2D eigenvalue weighted by Crippen LogP contribution is -2.30. The Morgan fingerprint density at radius 3 is 2.73 bits per heavy atom. The van der Waals surface area contributed by atoms with E-state index in [0.717, 1.165) is 29.8 Å². The van der Waals surface area contributed by atoms with E-state index < -0.39 is 0 Å². The number of rotatable bonds is 6. The minimum atomic E-state index is -0.0858. The summed E-state index contributed by atoms with van der Waals surface area (Å²) in [5, 5.41) is 0.580. The lowest BCUT2D eigenvalue weighted by molar-refractivity contribution is 0.0757. The molecular weight excluding hydrogens is 402 g/mol. The molecule has 2 aromatic heterocycles. The van der Waals surface area contributed by atoms with Gasteiger partial charge >= 0.3 is 0 Å². The number of amides is 1. The van der Waals surface area contributed by atoms with E-state index in [4.69, 9.17) is 9.47 Å². The molecule has 8 heteroatoms. The Morgan fingerprint density at radius 2 is 2.03 bits per heavy atom. The van der Waals surface area contributed by atoms with Gasteiger partial charge in [0.1, 0.15) is 10.7 Å². The average molecular weight is 428 g/mol. The van der Waals surface area contributed by atoms with Crippen molar-refractivity contribution in [3.63, 3.8) is 0 Å². The van der Waals surface area contributed by atoms with E-state index in [1.807, 2.05) is 32.0 Å². The summed E-state index contributed by atoms with van der Waals surface area (Å²) in [6.45, 7) is 5.48. The van der Waals surface area contributed by atoms with Crippen molar-refractivity contribution in [2.45, 2.75) is 39.8 Å². The van der Waals surface area contributed by atoms with Crippen LogP contribution in [0.4, 0.5) is 0 Å². The minimum absolute atomic E-state index is 0.0248. The van der Waals surface area contributed by atoms with Gasteiger partial charge in [0.05, 0.1) is 24.5 Å². The van der Waals surface area contributed by atoms with Crippen LogP contribution in [0.15, 0.2) is 23.0 Å². The van der Waals surface area contributed by atoms with Gasteiger partial charge < -0.3 is 14.4 Å². The Kier molecular flexibility index (Phi) is 5.51. The second kappa shape index (κ2) is 8.10. The first-order chi connectivity index (χ1) is 14.5. The molecule has 0 spiro atoms. The zero-order valence-electron chi connectivity index (χ0n) is 17.7. The third-order valence-corrected chi connectivity index (χ3v) is 6.77. The number of fused-ring (bicyclic) bond motifs is 2. The monoisotopic (exact) mass is 427 g/mol. The van der Waals surface area contributed by atoms with Crippen molar-refractivity contribution >= 4 is 27.5 Å². The van der Waals surface area contributed by atoms with Gasteiger partial charge in [0, 0.05) is 26.1 Å². The van der Waals surface area contributed by atoms with Crippen LogP contribution in [0.1, 0.15) is 40.0 Å². The number of ether oxygens (including phenoxy) is 2. The van der Waals surface area contributed by atoms with Gasteiger partial charge in [0.15, 0.2) is 11.5 Å². The molecule has 4 rings (SSSR count). The molecule has 3 aromatic rings. The number of aryl methyl sites for hydroxylation is 2. The number of hydrogen-bond acceptors (Lipinski definition) is 6. The predicted molar refractivity (Wildman–Crippen MR) is 117 cm³/mol. The van der Waals surface area contributed by atoms with Crippen LogP contribution >= 0.6 is 11.3 Å². The molecule has 0 unspecified atom stereocenters. The van der Waals surface area contributed by atoms with Crippen LogP contribution in [0.25, 0.3) is 10.2 Å². The maximum absolute atomic E-state index is 13.4. The summed E-state index contributed by atoms with van der Waals surface area (Å²) in [4.78, 5) is 34.0. The number of thiophene rings is 1. The van der Waals surface area contributed by atoms with Crippen molar-refractivity contribution in [2.24, 2.45) is 0 Å². The van der Waals surface area contributed by atoms with Gasteiger partial charge in [-0.3, -0.25) is 14.2 Å². The fourth-order valence-corrected chi connectivity index (χ4v) is 5.11. The molecule has 0 aliphatic carbocycles. The Labute approximate surface area is 178 Å². The molecule has 0 atom stereocenters. The zero-order chi connectivity index (χ0) is 21.4. The molecule has 158 valence electrons. The second-order valence-corrected chi connectivity index (χ2v) is 8.33. The third kappa shape index (κ3) is 3.35. The highest BCUT2D eigenvalue weighted by Crippen LogP contribution is 2.31. The van der Waals surface area contributed by atoms with E-state index in [-0.39, 0.29) is 11.5 Å². The molecule has 1 amide bonds. The molecule has 0 N–H and O–H groups in total. The fourth-order valence-electron chi connectivity index (χ4n) is 3.95. The molecule has 1 aromatic carbocycles. The number of methoxy groups -OCH3 is 2. The van der Waals surface area contributed by atoms with Gasteiger partial charge in [-0.25, -0.2) is 4.98 Å². The zero-order valence-corrected chi connectivity index (χ0v) is 18.5. The summed E-state index contributed by atoms with van der Waals surface area (Å²) >= 11 is 1.32. The highest BCUT2D eigenvalue weighted by molar-refractivity contribution is 7.20. The van der Waals surface area contributed by atoms with E-state index >= 15 is 0 Å². The number of nitrogens with zero attached hydrogens (tertiary/aromatic N) is 3. The van der Waals surface area contributed by atoms with E-state index in [1.54, 1.807) is 23.7 Å². The summed E-state index contributed by atoms with van der Waals surface area (Å²) in [5.74, 6) is 2.02. The molecule has 0 bridgehead atoms. The first kappa shape index (κ1) is 20.4. The number of hydrogen-bond donors (Lipinski definition) is 0. The molecule has 0 fully saturated rings. The molecule has 1 aliphatic heterocycles. The summed E-state index contributed by atoms with van der Waals surface area (Å²) in [6.07, 6.45) is 1.76. The Morgan fingerprint density at radius 1 is 1.27 bits per heavy atom. The number of aromatic nitrogens is 2. The van der Waals surface area contributed by atoms with Crippen LogP contribution in [-0.2, 0) is 19.5 Å². The summed E-state index contributed by atoms with van der Waals surface area (Å²) in [7, 11) is 3.18. The lowest BCUT2D eigenvalue weighted by atomic mass is 10.1. The van der Waals surface area contributed by atoms with Gasteiger partial charge in [0.25, 0.3) is 11.5 Å². The maximum Gasteiger partial charge on any atom is 0.264 e. The summed E-state index contributed by atoms with van der Waals surface area (Å²) in [5.41, 5.74) is 1.65. The van der Waals surface area contributed by atoms with Gasteiger partial charge in [-0.05, 0) is 43.5 Å². The number of benzene rings is 1. The van der Waals surface area contributed by atoms with Crippen molar-refractivity contribution in [1.82, 2.24) is 14.5 Å². The molecule has 7 nitrogen and oxygen atoms in total.